The highest BCUT2D eigenvalue weighted by Crippen LogP contribution is 2.38. The Kier molecular flexibility index (Phi) is 18.3. The highest BCUT2D eigenvalue weighted by atomic mass is 19.4. The fraction of sp³-hybridized carbons (Fsp3) is 0.333. The fourth-order valence-corrected chi connectivity index (χ4v) is 9.46. The number of halogens is 13. The molecule has 3 amide bonds. The van der Waals surface area contributed by atoms with E-state index in [0.717, 1.165) is 33.9 Å². The summed E-state index contributed by atoms with van der Waals surface area (Å²) in [5.41, 5.74) is 2.38. The maximum Gasteiger partial charge on any atom is 0.405 e. The molecule has 34 heteroatoms. The lowest BCUT2D eigenvalue weighted by Crippen LogP contribution is -2.51. The molecule has 0 spiro atoms. The molecule has 9 aromatic rings. The smallest absolute Gasteiger partial charge is 0.356 e. The number of nitrogens with one attached hydrogen (secondary N) is 7. The topological polar surface area (TPSA) is 269 Å². The van der Waals surface area contributed by atoms with Gasteiger partial charge in [-0.15, -0.1) is 0 Å². The summed E-state index contributed by atoms with van der Waals surface area (Å²) < 4.78 is 170. The van der Waals surface area contributed by atoms with Crippen LogP contribution in [0.3, 0.4) is 0 Å². The Morgan fingerprint density at radius 3 is 1.59 bits per heavy atom. The summed E-state index contributed by atoms with van der Waals surface area (Å²) in [5, 5.41) is 10.7. The molecule has 0 aromatic carbocycles. The van der Waals surface area contributed by atoms with E-state index in [9.17, 15) is 71.5 Å². The predicted octanol–water partition coefficient (Wildman–Crippen LogP) is 9.28. The van der Waals surface area contributed by atoms with Gasteiger partial charge in [-0.05, 0) is 55.8 Å². The van der Waals surface area contributed by atoms with Crippen LogP contribution >= 0.6 is 0 Å². The van der Waals surface area contributed by atoms with Crippen molar-refractivity contribution >= 4 is 68.3 Å². The molecule has 0 radical (unpaired) electrons. The molecule has 0 aliphatic carbocycles. The van der Waals surface area contributed by atoms with Gasteiger partial charge >= 0.3 is 12.4 Å². The average molecular weight is 1250 g/mol. The zero-order valence-electron chi connectivity index (χ0n) is 45.8. The van der Waals surface area contributed by atoms with Crippen molar-refractivity contribution in [1.29, 1.82) is 0 Å². The molecular weight excluding hydrogens is 1200 g/mol. The number of aromatic amines is 3. The lowest BCUT2D eigenvalue weighted by atomic mass is 9.97. The molecule has 11 heterocycles. The van der Waals surface area contributed by atoms with Crippen LogP contribution in [0.15, 0.2) is 98.2 Å². The lowest BCUT2D eigenvalue weighted by molar-refractivity contribution is -0.139. The maximum atomic E-state index is 14.5. The van der Waals surface area contributed by atoms with Crippen molar-refractivity contribution in [2.24, 2.45) is 0 Å². The number of hydrogen-bond acceptors (Lipinski definition) is 15. The first-order valence-corrected chi connectivity index (χ1v) is 26.4. The van der Waals surface area contributed by atoms with Gasteiger partial charge in [0.15, 0.2) is 40.7 Å². The van der Waals surface area contributed by atoms with Gasteiger partial charge in [0.05, 0.1) is 32.0 Å². The van der Waals surface area contributed by atoms with E-state index in [-0.39, 0.29) is 33.3 Å². The maximum absolute atomic E-state index is 14.5. The molecule has 11 rings (SSSR count). The number of alkyl halides is 11. The molecule has 0 saturated carbocycles. The van der Waals surface area contributed by atoms with E-state index >= 15 is 0 Å². The van der Waals surface area contributed by atoms with Crippen molar-refractivity contribution < 1.29 is 74.3 Å². The summed E-state index contributed by atoms with van der Waals surface area (Å²) in [6, 6.07) is 9.08. The summed E-state index contributed by atoms with van der Waals surface area (Å²) >= 11 is 0. The highest BCUT2D eigenvalue weighted by Gasteiger charge is 2.50. The fourth-order valence-electron chi connectivity index (χ4n) is 9.46. The number of aromatic nitrogens is 12. The summed E-state index contributed by atoms with van der Waals surface area (Å²) in [5.74, 6) is -8.30. The van der Waals surface area contributed by atoms with Crippen molar-refractivity contribution in [3.8, 4) is 34.2 Å². The summed E-state index contributed by atoms with van der Waals surface area (Å²) in [6.45, 7) is -1.97. The number of H-pyrrole nitrogens is 3. The SMILES string of the molecule is CC[C@@](C)(Nc1ccnc(-c2c[nH]c3ncccc23)n1)C(=O)NCC(F)F.O=C(NCC(F)(F)F)[C@H]1CC(F)(F)CN1c1nc(-c2c[nH]c3ncccc23)ncc1F.O=C(NCC(F)(F)F)[C@H]1C[C@H](F)CN1c1nc(-c2c[nH]c3ncccc23)ncc1F.[HH].[HH]. The monoisotopic (exact) mass is 1250 g/mol. The third-order valence-electron chi connectivity index (χ3n) is 13.8. The number of carbonyl (C=O) groups is 3. The van der Waals surface area contributed by atoms with Crippen molar-refractivity contribution in [1.82, 2.24) is 75.8 Å². The van der Waals surface area contributed by atoms with Crippen LogP contribution in [0.5, 0.6) is 0 Å². The summed E-state index contributed by atoms with van der Waals surface area (Å²) in [4.78, 5) is 84.6. The van der Waals surface area contributed by atoms with Crippen LogP contribution in [0.1, 0.15) is 36.0 Å². The second-order valence-electron chi connectivity index (χ2n) is 20.1. The largest absolute Gasteiger partial charge is 0.405 e. The predicted molar refractivity (Wildman–Crippen MR) is 296 cm³/mol. The minimum absolute atomic E-state index is 0. The van der Waals surface area contributed by atoms with Gasteiger partial charge in [-0.1, -0.05) is 6.92 Å². The first-order valence-electron chi connectivity index (χ1n) is 26.4. The van der Waals surface area contributed by atoms with Gasteiger partial charge in [0.1, 0.15) is 59.6 Å². The van der Waals surface area contributed by atoms with E-state index in [4.69, 9.17) is 0 Å². The minimum atomic E-state index is -4.72. The number of fused-ring (bicyclic) bond motifs is 3. The molecule has 2 saturated heterocycles. The zero-order chi connectivity index (χ0) is 63.3. The van der Waals surface area contributed by atoms with Crippen LogP contribution in [0.25, 0.3) is 67.3 Å². The van der Waals surface area contributed by atoms with Crippen molar-refractivity contribution in [2.45, 2.75) is 81.6 Å². The Balaban J connectivity index is 0.000000190. The number of pyridine rings is 3. The third-order valence-corrected chi connectivity index (χ3v) is 13.8. The van der Waals surface area contributed by atoms with Crippen molar-refractivity contribution in [3.05, 3.63) is 110 Å². The van der Waals surface area contributed by atoms with Gasteiger partial charge in [0, 0.05) is 91.9 Å². The molecule has 88 heavy (non-hydrogen) atoms. The Bertz CT molecular complexity index is 3970. The number of rotatable bonds is 15. The summed E-state index contributed by atoms with van der Waals surface area (Å²) in [7, 11) is 0. The van der Waals surface area contributed by atoms with Crippen LogP contribution < -0.4 is 31.1 Å². The molecule has 0 unspecified atom stereocenters. The van der Waals surface area contributed by atoms with Crippen molar-refractivity contribution in [2.75, 3.05) is 47.8 Å². The molecule has 2 aliphatic rings. The van der Waals surface area contributed by atoms with E-state index in [1.165, 1.54) is 12.4 Å². The van der Waals surface area contributed by atoms with E-state index < -0.39 is 116 Å². The minimum Gasteiger partial charge on any atom is -0.356 e. The lowest BCUT2D eigenvalue weighted by Gasteiger charge is -2.29. The van der Waals surface area contributed by atoms with Crippen LogP contribution in [0.4, 0.5) is 74.5 Å². The number of nitrogens with zero attached hydrogens (tertiary/aromatic N) is 11. The Morgan fingerprint density at radius 2 is 1.12 bits per heavy atom. The summed E-state index contributed by atoms with van der Waals surface area (Å²) in [6.07, 6.45) is -1.68. The molecular formula is C54H53F13N18O3. The van der Waals surface area contributed by atoms with Gasteiger partial charge in [0.2, 0.25) is 17.7 Å². The highest BCUT2D eigenvalue weighted by molar-refractivity contribution is 5.94. The molecule has 2 fully saturated rings. The first-order chi connectivity index (χ1) is 41.7. The van der Waals surface area contributed by atoms with E-state index in [1.807, 2.05) is 12.1 Å². The Hall–Kier alpha value is -9.79. The van der Waals surface area contributed by atoms with Crippen LogP contribution in [-0.4, -0.2) is 159 Å². The molecule has 468 valence electrons. The number of amides is 3. The van der Waals surface area contributed by atoms with Gasteiger partial charge in [-0.2, -0.15) is 26.3 Å². The molecule has 21 nitrogen and oxygen atoms in total. The second-order valence-corrected chi connectivity index (χ2v) is 20.1. The second kappa shape index (κ2) is 25.7. The standard InChI is InChI=1S/C18H14F6N6O.C18H15F5N6O.C18H20F2N6O.2H2/c19-11-6-27-14(10-5-26-13-9(10)2-1-3-25-13)29-15(11)30-8-17(20,21)4-12(30)16(31)28-7-18(22,23)24;19-9-4-13(17(30)27-8-18(21,22)23)29(7-9)16-12(20)6-26-15(28-16)11-5-25-14-10(11)2-1-3-24-14;1-3-18(2,17(27)24-10-13(19)20)26-14-6-8-22-16(25-14)12-9-23-15-11(12)5-4-7-21-15;;/h1-3,5-6,12H,4,7-8H2,(H,25,26)(H,28,31);1-3,5-6,9,13H,4,7-8H2,(H,24,25)(H,27,30);4-9,13H,3,10H2,1-2H3,(H,21,23)(H,24,27)(H,22,25,26);2*1H/t12-;9-,13+;18-;;/m101../s1. The van der Waals surface area contributed by atoms with Gasteiger partial charge in [0.25, 0.3) is 12.3 Å². The average Bonchev–Trinajstić information content (AvgIpc) is 2.17. The Morgan fingerprint density at radius 1 is 0.659 bits per heavy atom. The van der Waals surface area contributed by atoms with E-state index in [0.29, 0.717) is 56.2 Å². The zero-order valence-corrected chi connectivity index (χ0v) is 45.8. The molecule has 9 aromatic heterocycles. The van der Waals surface area contributed by atoms with Crippen LogP contribution in [0.2, 0.25) is 0 Å². The van der Waals surface area contributed by atoms with Crippen LogP contribution in [-0.2, 0) is 14.4 Å². The normalized spacial score (nSPS) is 17.3. The molecule has 4 atom stereocenters. The third kappa shape index (κ3) is 14.7. The number of hydrogen-bond donors (Lipinski definition) is 7. The van der Waals surface area contributed by atoms with Crippen molar-refractivity contribution in [3.63, 3.8) is 0 Å². The molecule has 2 aliphatic heterocycles. The van der Waals surface area contributed by atoms with E-state index in [1.54, 1.807) is 85.8 Å². The number of carbonyl (C=O) groups excluding carboxylic acids is 3. The van der Waals surface area contributed by atoms with Gasteiger partial charge < -0.3 is 46.0 Å². The molecule has 7 N–H and O–H groups in total. The molecule has 0 bridgehead atoms. The Labute approximate surface area is 490 Å². The number of anilines is 3. The van der Waals surface area contributed by atoms with Gasteiger partial charge in [-0.25, -0.2) is 75.6 Å². The quantitative estimate of drug-likeness (QED) is 0.0471. The van der Waals surface area contributed by atoms with Gasteiger partial charge in [-0.3, -0.25) is 14.4 Å². The van der Waals surface area contributed by atoms with Crippen LogP contribution in [0, 0.1) is 11.6 Å². The first kappa shape index (κ1) is 62.7. The van der Waals surface area contributed by atoms with E-state index in [2.05, 4.69) is 70.4 Å².